The number of nitrogens with two attached hydrogens (primary N) is 1. The molecule has 0 radical (unpaired) electrons. The minimum atomic E-state index is -0.179. The third-order valence-corrected chi connectivity index (χ3v) is 4.66. The zero-order valence-electron chi connectivity index (χ0n) is 13.4. The topological polar surface area (TPSA) is 75.2 Å². The highest BCUT2D eigenvalue weighted by Gasteiger charge is 2.30. The predicted molar refractivity (Wildman–Crippen MR) is 97.7 cm³/mol. The minimum absolute atomic E-state index is 0.179. The van der Waals surface area contributed by atoms with Crippen molar-refractivity contribution in [2.75, 3.05) is 13.7 Å². The summed E-state index contributed by atoms with van der Waals surface area (Å²) in [6, 6.07) is 7.85. The molecule has 0 fully saturated rings. The molecule has 3 rings (SSSR count). The molecule has 24 heavy (non-hydrogen) atoms. The van der Waals surface area contributed by atoms with Gasteiger partial charge in [-0.25, -0.2) is 9.98 Å². The van der Waals surface area contributed by atoms with Crippen LogP contribution in [0, 0.1) is 12.3 Å². The van der Waals surface area contributed by atoms with E-state index in [9.17, 15) is 0 Å². The van der Waals surface area contributed by atoms with Crippen LogP contribution in [0.2, 0.25) is 0 Å². The van der Waals surface area contributed by atoms with Crippen LogP contribution < -0.4 is 15.8 Å². The lowest BCUT2D eigenvalue weighted by molar-refractivity contribution is 0.404. The first-order valence-corrected chi connectivity index (χ1v) is 8.49. The summed E-state index contributed by atoms with van der Waals surface area (Å²) in [7, 11) is 1.66. The fraction of sp³-hybridized carbons (Fsp3) is 0.294. The number of hydrogen-bond donors (Lipinski definition) is 2. The Morgan fingerprint density at radius 1 is 1.46 bits per heavy atom. The van der Waals surface area contributed by atoms with E-state index in [2.05, 4.69) is 16.2 Å². The number of thioether (sulfide) groups is 1. The second-order valence-corrected chi connectivity index (χ2v) is 6.35. The van der Waals surface area contributed by atoms with Gasteiger partial charge in [0.25, 0.3) is 0 Å². The zero-order valence-corrected chi connectivity index (χ0v) is 14.2. The number of nitrogens with zero attached hydrogens (tertiary/aromatic N) is 3. The fourth-order valence-corrected chi connectivity index (χ4v) is 3.46. The van der Waals surface area contributed by atoms with Crippen molar-refractivity contribution in [2.24, 2.45) is 15.7 Å². The number of hydrogen-bond acceptors (Lipinski definition) is 7. The Kier molecular flexibility index (Phi) is 4.96. The molecule has 0 bridgehead atoms. The van der Waals surface area contributed by atoms with E-state index in [1.807, 2.05) is 29.2 Å². The van der Waals surface area contributed by atoms with Crippen molar-refractivity contribution in [1.29, 1.82) is 0 Å². The average molecular weight is 341 g/mol. The molecule has 124 valence electrons. The molecule has 3 N–H and O–H groups in total. The smallest absolute Gasteiger partial charge is 0.173 e. The molecule has 0 aliphatic carbocycles. The molecule has 0 aromatic heterocycles. The summed E-state index contributed by atoms with van der Waals surface area (Å²) in [4.78, 5) is 12.0. The summed E-state index contributed by atoms with van der Waals surface area (Å²) in [6.07, 6.45) is 8.63. The molecular weight excluding hydrogens is 322 g/mol. The summed E-state index contributed by atoms with van der Waals surface area (Å²) in [6.45, 7) is 0.761. The molecule has 2 aliphatic rings. The van der Waals surface area contributed by atoms with Crippen molar-refractivity contribution in [3.63, 3.8) is 0 Å². The molecule has 1 aromatic carbocycles. The van der Waals surface area contributed by atoms with Crippen molar-refractivity contribution in [3.05, 3.63) is 35.8 Å². The lowest BCUT2D eigenvalue weighted by Crippen LogP contribution is -2.37. The van der Waals surface area contributed by atoms with Crippen LogP contribution in [-0.2, 0) is 0 Å². The van der Waals surface area contributed by atoms with E-state index in [0.29, 0.717) is 5.82 Å². The number of terminal acetylenes is 1. The number of para-hydroxylation sites is 1. The summed E-state index contributed by atoms with van der Waals surface area (Å²) >= 11 is 1.57. The fourth-order valence-electron chi connectivity index (χ4n) is 2.46. The quantitative estimate of drug-likeness (QED) is 0.611. The molecule has 1 atom stereocenters. The second kappa shape index (κ2) is 7.32. The largest absolute Gasteiger partial charge is 0.496 e. The number of benzene rings is 1. The van der Waals surface area contributed by atoms with Crippen molar-refractivity contribution in [1.82, 2.24) is 10.2 Å². The van der Waals surface area contributed by atoms with Gasteiger partial charge >= 0.3 is 0 Å². The highest BCUT2D eigenvalue weighted by Crippen LogP contribution is 2.34. The summed E-state index contributed by atoms with van der Waals surface area (Å²) in [5.74, 6) is 4.73. The van der Waals surface area contributed by atoms with Crippen molar-refractivity contribution in [2.45, 2.75) is 23.2 Å². The Morgan fingerprint density at radius 2 is 2.29 bits per heavy atom. The van der Waals surface area contributed by atoms with Gasteiger partial charge in [-0.2, -0.15) is 0 Å². The Hall–Kier alpha value is -2.59. The van der Waals surface area contributed by atoms with E-state index in [0.717, 1.165) is 41.6 Å². The van der Waals surface area contributed by atoms with Gasteiger partial charge in [-0.3, -0.25) is 0 Å². The maximum atomic E-state index is 5.99. The Balaban J connectivity index is 1.76. The molecule has 0 saturated carbocycles. The lowest BCUT2D eigenvalue weighted by atomic mass is 10.2. The van der Waals surface area contributed by atoms with Crippen molar-refractivity contribution in [3.8, 4) is 18.1 Å². The van der Waals surface area contributed by atoms with Crippen LogP contribution in [0.15, 0.2) is 50.7 Å². The molecule has 0 amide bonds. The predicted octanol–water partition coefficient (Wildman–Crippen LogP) is 1.96. The zero-order chi connectivity index (χ0) is 16.9. The molecule has 0 saturated heterocycles. The van der Waals surface area contributed by atoms with Gasteiger partial charge in [0.15, 0.2) is 17.2 Å². The molecule has 6 nitrogen and oxygen atoms in total. The Morgan fingerprint density at radius 3 is 3.08 bits per heavy atom. The molecular formula is C17H19N5OS. The number of aliphatic imine (C=N–C) groups is 2. The second-order valence-electron chi connectivity index (χ2n) is 5.22. The molecule has 2 heterocycles. The number of nitrogens with one attached hydrogen (secondary N) is 1. The third-order valence-electron chi connectivity index (χ3n) is 3.62. The van der Waals surface area contributed by atoms with Gasteiger partial charge < -0.3 is 20.7 Å². The summed E-state index contributed by atoms with van der Waals surface area (Å²) in [5.41, 5.74) is 6.58. The standard InChI is InChI=1S/C17H19N5OS/c1-3-4-7-10-22-11-19-15(18)14-16(22)21-17(20-14)24-13-9-6-5-8-12(13)23-2/h1,5-6,8-9,11,17,20H,4,7,10,18H2,2H3. The van der Waals surface area contributed by atoms with E-state index >= 15 is 0 Å². The van der Waals surface area contributed by atoms with Gasteiger partial charge in [0, 0.05) is 13.0 Å². The van der Waals surface area contributed by atoms with Gasteiger partial charge in [0.1, 0.15) is 11.4 Å². The van der Waals surface area contributed by atoms with E-state index in [4.69, 9.17) is 21.9 Å². The number of ether oxygens (including phenoxy) is 1. The lowest BCUT2D eigenvalue weighted by Gasteiger charge is -2.23. The molecule has 1 aromatic rings. The number of methoxy groups -OCH3 is 1. The number of amidine groups is 1. The average Bonchev–Trinajstić information content (AvgIpc) is 3.02. The van der Waals surface area contributed by atoms with Gasteiger partial charge in [0.05, 0.1) is 18.3 Å². The van der Waals surface area contributed by atoms with Gasteiger partial charge in [-0.15, -0.1) is 12.3 Å². The van der Waals surface area contributed by atoms with E-state index in [1.54, 1.807) is 25.2 Å². The van der Waals surface area contributed by atoms with Gasteiger partial charge in [-0.05, 0) is 18.6 Å². The van der Waals surface area contributed by atoms with Gasteiger partial charge in [-0.1, -0.05) is 23.9 Å². The first-order valence-electron chi connectivity index (χ1n) is 7.61. The SMILES string of the molecule is C#CCCCN1C=NC(N)=C2NC(Sc3ccccc3OC)N=C21. The van der Waals surface area contributed by atoms with Crippen molar-refractivity contribution >= 4 is 23.9 Å². The van der Waals surface area contributed by atoms with Crippen LogP contribution in [0.25, 0.3) is 0 Å². The normalized spacial score (nSPS) is 18.8. The number of rotatable bonds is 6. The van der Waals surface area contributed by atoms with Crippen LogP contribution >= 0.6 is 11.8 Å². The number of unbranched alkanes of at least 4 members (excludes halogenated alkanes) is 1. The Labute approximate surface area is 145 Å². The summed E-state index contributed by atoms with van der Waals surface area (Å²) < 4.78 is 5.39. The number of fused-ring (bicyclic) bond motifs is 1. The monoisotopic (exact) mass is 341 g/mol. The van der Waals surface area contributed by atoms with Crippen LogP contribution in [0.5, 0.6) is 5.75 Å². The van der Waals surface area contributed by atoms with Crippen LogP contribution in [0.3, 0.4) is 0 Å². The van der Waals surface area contributed by atoms with Crippen LogP contribution in [0.4, 0.5) is 0 Å². The third kappa shape index (κ3) is 3.34. The van der Waals surface area contributed by atoms with Crippen LogP contribution in [0.1, 0.15) is 12.8 Å². The van der Waals surface area contributed by atoms with E-state index in [1.165, 1.54) is 0 Å². The van der Waals surface area contributed by atoms with E-state index in [-0.39, 0.29) is 5.50 Å². The molecule has 2 aliphatic heterocycles. The maximum absolute atomic E-state index is 5.99. The minimum Gasteiger partial charge on any atom is -0.496 e. The van der Waals surface area contributed by atoms with Crippen molar-refractivity contribution < 1.29 is 4.74 Å². The Bertz CT molecular complexity index is 750. The van der Waals surface area contributed by atoms with E-state index < -0.39 is 0 Å². The highest BCUT2D eigenvalue weighted by molar-refractivity contribution is 8.00. The highest BCUT2D eigenvalue weighted by atomic mass is 32.2. The maximum Gasteiger partial charge on any atom is 0.173 e. The summed E-state index contributed by atoms with van der Waals surface area (Å²) in [5, 5.41) is 3.33. The first kappa shape index (κ1) is 16.3. The van der Waals surface area contributed by atoms with Crippen LogP contribution in [-0.4, -0.2) is 36.2 Å². The van der Waals surface area contributed by atoms with Gasteiger partial charge in [0.2, 0.25) is 0 Å². The molecule has 1 unspecified atom stereocenters. The first-order chi connectivity index (χ1) is 11.7. The molecule has 0 spiro atoms. The molecule has 7 heteroatoms.